The molecule has 4 nitrogen and oxygen atoms in total. The van der Waals surface area contributed by atoms with Crippen LogP contribution in [0.3, 0.4) is 0 Å². The summed E-state index contributed by atoms with van der Waals surface area (Å²) in [6.07, 6.45) is 1.10. The summed E-state index contributed by atoms with van der Waals surface area (Å²) >= 11 is 1.04. The van der Waals surface area contributed by atoms with Crippen LogP contribution in [0.15, 0.2) is 57.1 Å². The molecule has 0 fully saturated rings. The van der Waals surface area contributed by atoms with Crippen LogP contribution in [-0.4, -0.2) is 8.42 Å². The molecule has 0 aliphatic rings. The van der Waals surface area contributed by atoms with Gasteiger partial charge in [-0.1, -0.05) is 6.07 Å². The zero-order valence-electron chi connectivity index (χ0n) is 10.1. The molecule has 1 heterocycles. The van der Waals surface area contributed by atoms with Crippen molar-refractivity contribution in [3.05, 3.63) is 58.7 Å². The third-order valence-electron chi connectivity index (χ3n) is 2.37. The molecule has 0 aliphatic carbocycles. The van der Waals surface area contributed by atoms with Crippen LogP contribution in [-0.2, 0) is 9.84 Å². The first-order chi connectivity index (χ1) is 9.54. The molecular formula is C13H9FN2O2S2. The van der Waals surface area contributed by atoms with Gasteiger partial charge in [-0.3, -0.25) is 0 Å². The maximum atomic E-state index is 12.7. The lowest BCUT2D eigenvalue weighted by Crippen LogP contribution is -2.03. The van der Waals surface area contributed by atoms with Gasteiger partial charge >= 0.3 is 0 Å². The Morgan fingerprint density at radius 3 is 2.55 bits per heavy atom. The molecule has 1 N–H and O–H groups in total. The van der Waals surface area contributed by atoms with E-state index in [1.165, 1.54) is 30.3 Å². The number of nitriles is 1. The highest BCUT2D eigenvalue weighted by molar-refractivity contribution is 7.97. The molecule has 20 heavy (non-hydrogen) atoms. The predicted molar refractivity (Wildman–Crippen MR) is 75.2 cm³/mol. The van der Waals surface area contributed by atoms with Gasteiger partial charge in [-0.25, -0.2) is 12.8 Å². The molecule has 0 aliphatic heterocycles. The number of rotatable bonds is 4. The van der Waals surface area contributed by atoms with E-state index in [0.29, 0.717) is 5.69 Å². The summed E-state index contributed by atoms with van der Waals surface area (Å²) in [5.74, 6) is -0.397. The number of hydrogen-bond donors (Lipinski definition) is 1. The Labute approximate surface area is 119 Å². The summed E-state index contributed by atoms with van der Waals surface area (Å²) in [6.45, 7) is 0. The fourth-order valence-electron chi connectivity index (χ4n) is 1.39. The van der Waals surface area contributed by atoms with Crippen molar-refractivity contribution >= 4 is 26.9 Å². The predicted octanol–water partition coefficient (Wildman–Crippen LogP) is 3.14. The quantitative estimate of drug-likeness (QED) is 0.881. The molecule has 0 atom stereocenters. The topological polar surface area (TPSA) is 70.0 Å². The number of nitrogens with zero attached hydrogens (tertiary/aromatic N) is 1. The zero-order chi connectivity index (χ0) is 14.6. The monoisotopic (exact) mass is 308 g/mol. The Kier molecular flexibility index (Phi) is 4.17. The smallest absolute Gasteiger partial charge is 0.227 e. The van der Waals surface area contributed by atoms with Crippen LogP contribution in [0.25, 0.3) is 0 Å². The molecule has 0 saturated heterocycles. The first kappa shape index (κ1) is 14.2. The second-order valence-corrected chi connectivity index (χ2v) is 6.80. The van der Waals surface area contributed by atoms with Crippen LogP contribution in [0, 0.1) is 17.1 Å². The zero-order valence-corrected chi connectivity index (χ0v) is 11.7. The van der Waals surface area contributed by atoms with Crippen molar-refractivity contribution < 1.29 is 12.8 Å². The molecule has 1 aromatic carbocycles. The van der Waals surface area contributed by atoms with Crippen molar-refractivity contribution in [2.75, 3.05) is 5.32 Å². The van der Waals surface area contributed by atoms with E-state index < -0.39 is 20.6 Å². The van der Waals surface area contributed by atoms with Gasteiger partial charge in [0.2, 0.25) is 9.84 Å². The number of anilines is 1. The van der Waals surface area contributed by atoms with Crippen molar-refractivity contribution in [3.8, 4) is 6.07 Å². The Balaban J connectivity index is 2.27. The molecule has 0 spiro atoms. The van der Waals surface area contributed by atoms with Crippen LogP contribution in [0.2, 0.25) is 0 Å². The van der Waals surface area contributed by atoms with Crippen molar-refractivity contribution in [3.63, 3.8) is 0 Å². The summed E-state index contributed by atoms with van der Waals surface area (Å²) in [4.78, 5) is -0.399. The van der Waals surface area contributed by atoms with E-state index in [4.69, 9.17) is 5.26 Å². The Morgan fingerprint density at radius 2 is 2.00 bits per heavy atom. The number of hydrogen-bond acceptors (Lipinski definition) is 5. The van der Waals surface area contributed by atoms with Gasteiger partial charge in [0.1, 0.15) is 16.1 Å². The Morgan fingerprint density at radius 1 is 1.30 bits per heavy atom. The summed E-state index contributed by atoms with van der Waals surface area (Å²) in [5.41, 5.74) is 0.487. The molecule has 0 unspecified atom stereocenters. The maximum Gasteiger partial charge on any atom is 0.227 e. The summed E-state index contributed by atoms with van der Waals surface area (Å²) in [7, 11) is -3.80. The van der Waals surface area contributed by atoms with E-state index in [1.807, 2.05) is 0 Å². The van der Waals surface area contributed by atoms with Crippen molar-refractivity contribution in [1.29, 1.82) is 5.26 Å². The van der Waals surface area contributed by atoms with Gasteiger partial charge in [0.15, 0.2) is 4.91 Å². The lowest BCUT2D eigenvalue weighted by atomic mass is 10.3. The largest absolute Gasteiger partial charge is 0.360 e. The second kappa shape index (κ2) is 5.86. The highest BCUT2D eigenvalue weighted by Crippen LogP contribution is 2.23. The first-order valence-electron chi connectivity index (χ1n) is 5.45. The van der Waals surface area contributed by atoms with Gasteiger partial charge in [-0.05, 0) is 35.7 Å². The minimum absolute atomic E-state index is 0.103. The minimum Gasteiger partial charge on any atom is -0.360 e. The summed E-state index contributed by atoms with van der Waals surface area (Å²) in [5, 5.41) is 13.3. The van der Waals surface area contributed by atoms with E-state index in [9.17, 15) is 12.8 Å². The molecule has 102 valence electrons. The average Bonchev–Trinajstić information content (AvgIpc) is 2.96. The highest BCUT2D eigenvalue weighted by atomic mass is 32.2. The number of nitrogens with one attached hydrogen (secondary N) is 1. The van der Waals surface area contributed by atoms with E-state index >= 15 is 0 Å². The molecule has 0 bridgehead atoms. The summed E-state index contributed by atoms with van der Waals surface area (Å²) in [6, 6.07) is 10.0. The first-order valence-corrected chi connectivity index (χ1v) is 7.81. The van der Waals surface area contributed by atoms with Gasteiger partial charge in [0.05, 0.1) is 0 Å². The third kappa shape index (κ3) is 3.04. The molecule has 0 radical (unpaired) electrons. The number of halogens is 1. The normalized spacial score (nSPS) is 11.9. The second-order valence-electron chi connectivity index (χ2n) is 3.71. The summed E-state index contributed by atoms with van der Waals surface area (Å²) < 4.78 is 37.1. The Hall–Kier alpha value is -2.17. The van der Waals surface area contributed by atoms with Crippen LogP contribution in [0.5, 0.6) is 0 Å². The molecule has 1 aromatic heterocycles. The van der Waals surface area contributed by atoms with Crippen LogP contribution >= 0.6 is 11.3 Å². The number of allylic oxidation sites excluding steroid dienone is 1. The number of benzene rings is 1. The molecule has 0 saturated carbocycles. The number of thiophene rings is 1. The van der Waals surface area contributed by atoms with Crippen molar-refractivity contribution in [2.45, 2.75) is 4.21 Å². The van der Waals surface area contributed by atoms with Gasteiger partial charge < -0.3 is 5.32 Å². The van der Waals surface area contributed by atoms with E-state index in [1.54, 1.807) is 17.5 Å². The average molecular weight is 308 g/mol. The molecule has 2 aromatic rings. The SMILES string of the molecule is N#CC(=CNc1ccc(F)cc1)S(=O)(=O)c1cccs1. The lowest BCUT2D eigenvalue weighted by Gasteiger charge is -2.02. The molecule has 7 heteroatoms. The number of sulfone groups is 1. The van der Waals surface area contributed by atoms with Gasteiger partial charge in [0.25, 0.3) is 0 Å². The highest BCUT2D eigenvalue weighted by Gasteiger charge is 2.21. The lowest BCUT2D eigenvalue weighted by molar-refractivity contribution is 0.605. The van der Waals surface area contributed by atoms with E-state index in [2.05, 4.69) is 5.32 Å². The fraction of sp³-hybridized carbons (Fsp3) is 0. The van der Waals surface area contributed by atoms with Crippen LogP contribution in [0.4, 0.5) is 10.1 Å². The standard InChI is InChI=1S/C13H9FN2O2S2/c14-10-3-5-11(6-4-10)16-9-12(8-15)20(17,18)13-2-1-7-19-13/h1-7,9,16H. The van der Waals surface area contributed by atoms with Crippen molar-refractivity contribution in [1.82, 2.24) is 0 Å². The van der Waals surface area contributed by atoms with Gasteiger partial charge in [0, 0.05) is 11.9 Å². The van der Waals surface area contributed by atoms with Crippen LogP contribution in [0.1, 0.15) is 0 Å². The van der Waals surface area contributed by atoms with E-state index in [0.717, 1.165) is 17.5 Å². The molecule has 0 amide bonds. The van der Waals surface area contributed by atoms with Crippen molar-refractivity contribution in [2.24, 2.45) is 0 Å². The van der Waals surface area contributed by atoms with E-state index in [-0.39, 0.29) is 4.21 Å². The maximum absolute atomic E-state index is 12.7. The molecular weight excluding hydrogens is 299 g/mol. The fourth-order valence-corrected chi connectivity index (χ4v) is 3.59. The van der Waals surface area contributed by atoms with Gasteiger partial charge in [-0.15, -0.1) is 11.3 Å². The van der Waals surface area contributed by atoms with Gasteiger partial charge in [-0.2, -0.15) is 5.26 Å². The third-order valence-corrected chi connectivity index (χ3v) is 5.44. The Bertz CT molecular complexity index is 758. The van der Waals surface area contributed by atoms with Crippen LogP contribution < -0.4 is 5.32 Å². The molecule has 2 rings (SSSR count). The minimum atomic E-state index is -3.80.